The van der Waals surface area contributed by atoms with Gasteiger partial charge in [-0.1, -0.05) is 19.9 Å². The molecule has 1 aromatic rings. The molecule has 1 heterocycles. The number of rotatable bonds is 4. The molecular weight excluding hydrogens is 280 g/mol. The van der Waals surface area contributed by atoms with Gasteiger partial charge in [-0.25, -0.2) is 0 Å². The van der Waals surface area contributed by atoms with Crippen LogP contribution in [0.25, 0.3) is 0 Å². The average Bonchev–Trinajstić information content (AvgIpc) is 3.11. The Bertz CT molecular complexity index is 566. The van der Waals surface area contributed by atoms with Crippen LogP contribution >= 0.6 is 0 Å². The fourth-order valence-electron chi connectivity index (χ4n) is 3.40. The van der Waals surface area contributed by atoms with E-state index in [0.717, 1.165) is 36.3 Å². The van der Waals surface area contributed by atoms with E-state index in [4.69, 9.17) is 14.2 Å². The van der Waals surface area contributed by atoms with Gasteiger partial charge in [0.2, 0.25) is 6.79 Å². The minimum atomic E-state index is -0.328. The summed E-state index contributed by atoms with van der Waals surface area (Å²) in [6, 6.07) is 5.65. The zero-order chi connectivity index (χ0) is 15.7. The maximum absolute atomic E-state index is 12.5. The topological polar surface area (TPSA) is 44.8 Å². The predicted octanol–water partition coefficient (Wildman–Crippen LogP) is 3.92. The first-order valence-corrected chi connectivity index (χ1v) is 8.04. The molecule has 1 aliphatic carbocycles. The summed E-state index contributed by atoms with van der Waals surface area (Å²) in [4.78, 5) is 12.5. The highest BCUT2D eigenvalue weighted by atomic mass is 16.7. The molecule has 0 N–H and O–H groups in total. The van der Waals surface area contributed by atoms with Crippen LogP contribution in [0, 0.1) is 17.3 Å². The Hall–Kier alpha value is -1.71. The smallest absolute Gasteiger partial charge is 0.312 e. The lowest BCUT2D eigenvalue weighted by Crippen LogP contribution is -2.27. The normalized spacial score (nSPS) is 26.5. The van der Waals surface area contributed by atoms with Gasteiger partial charge in [-0.05, 0) is 55.7 Å². The van der Waals surface area contributed by atoms with Crippen LogP contribution in [0.1, 0.15) is 45.6 Å². The van der Waals surface area contributed by atoms with Crippen LogP contribution in [0.5, 0.6) is 11.5 Å². The average molecular weight is 304 g/mol. The molecule has 22 heavy (non-hydrogen) atoms. The van der Waals surface area contributed by atoms with Crippen molar-refractivity contribution in [1.82, 2.24) is 0 Å². The van der Waals surface area contributed by atoms with Crippen LogP contribution in [0.4, 0.5) is 0 Å². The SMILES string of the molecule is CC(C)C1CCC(C)(C(=O)OCc2ccc3c(c2)OCO3)C1. The Kier molecular flexibility index (Phi) is 4.02. The summed E-state index contributed by atoms with van der Waals surface area (Å²) < 4.78 is 16.2. The summed E-state index contributed by atoms with van der Waals surface area (Å²) in [6.07, 6.45) is 2.98. The summed E-state index contributed by atoms with van der Waals surface area (Å²) in [6.45, 7) is 7.05. The highest BCUT2D eigenvalue weighted by molar-refractivity contribution is 5.76. The molecule has 4 nitrogen and oxygen atoms in total. The molecule has 4 heteroatoms. The Labute approximate surface area is 131 Å². The van der Waals surface area contributed by atoms with Crippen molar-refractivity contribution < 1.29 is 19.0 Å². The number of esters is 1. The van der Waals surface area contributed by atoms with E-state index in [1.165, 1.54) is 0 Å². The van der Waals surface area contributed by atoms with Gasteiger partial charge < -0.3 is 14.2 Å². The number of hydrogen-bond acceptors (Lipinski definition) is 4. The zero-order valence-electron chi connectivity index (χ0n) is 13.6. The molecule has 2 aliphatic rings. The molecule has 1 aromatic carbocycles. The van der Waals surface area contributed by atoms with Crippen molar-refractivity contribution in [3.05, 3.63) is 23.8 Å². The summed E-state index contributed by atoms with van der Waals surface area (Å²) >= 11 is 0. The first kappa shape index (κ1) is 15.2. The number of fused-ring (bicyclic) bond motifs is 1. The molecule has 2 unspecified atom stereocenters. The van der Waals surface area contributed by atoms with Crippen molar-refractivity contribution in [2.75, 3.05) is 6.79 Å². The van der Waals surface area contributed by atoms with Crippen LogP contribution < -0.4 is 9.47 Å². The lowest BCUT2D eigenvalue weighted by Gasteiger charge is -2.23. The summed E-state index contributed by atoms with van der Waals surface area (Å²) in [7, 11) is 0. The number of benzene rings is 1. The molecule has 120 valence electrons. The lowest BCUT2D eigenvalue weighted by atomic mass is 9.85. The van der Waals surface area contributed by atoms with Gasteiger partial charge in [0.15, 0.2) is 11.5 Å². The van der Waals surface area contributed by atoms with Gasteiger partial charge in [-0.2, -0.15) is 0 Å². The van der Waals surface area contributed by atoms with Crippen LogP contribution in [0.3, 0.4) is 0 Å². The van der Waals surface area contributed by atoms with Gasteiger partial charge in [-0.3, -0.25) is 4.79 Å². The summed E-state index contributed by atoms with van der Waals surface area (Å²) in [5.74, 6) is 2.65. The molecule has 0 aromatic heterocycles. The van der Waals surface area contributed by atoms with Gasteiger partial charge in [0, 0.05) is 0 Å². The van der Waals surface area contributed by atoms with Crippen molar-refractivity contribution in [3.63, 3.8) is 0 Å². The number of carbonyl (C=O) groups is 1. The van der Waals surface area contributed by atoms with E-state index in [9.17, 15) is 4.79 Å². The van der Waals surface area contributed by atoms with Gasteiger partial charge >= 0.3 is 5.97 Å². The molecular formula is C18H24O4. The van der Waals surface area contributed by atoms with Crippen LogP contribution in [0.2, 0.25) is 0 Å². The molecule has 1 fully saturated rings. The molecule has 2 atom stereocenters. The second kappa shape index (κ2) is 5.82. The van der Waals surface area contributed by atoms with E-state index >= 15 is 0 Å². The second-order valence-corrected chi connectivity index (χ2v) is 7.07. The molecule has 0 spiro atoms. The van der Waals surface area contributed by atoms with Gasteiger partial charge in [0.1, 0.15) is 6.61 Å². The third-order valence-electron chi connectivity index (χ3n) is 5.02. The first-order valence-electron chi connectivity index (χ1n) is 8.04. The summed E-state index contributed by atoms with van der Waals surface area (Å²) in [5.41, 5.74) is 0.602. The van der Waals surface area contributed by atoms with E-state index in [2.05, 4.69) is 13.8 Å². The molecule has 0 bridgehead atoms. The van der Waals surface area contributed by atoms with Gasteiger partial charge in [0.25, 0.3) is 0 Å². The third-order valence-corrected chi connectivity index (χ3v) is 5.02. The van der Waals surface area contributed by atoms with E-state index in [0.29, 0.717) is 11.8 Å². The third kappa shape index (κ3) is 2.92. The van der Waals surface area contributed by atoms with Crippen molar-refractivity contribution in [3.8, 4) is 11.5 Å². The Balaban J connectivity index is 1.58. The first-order chi connectivity index (χ1) is 10.5. The van der Waals surface area contributed by atoms with Crippen LogP contribution in [0.15, 0.2) is 18.2 Å². The van der Waals surface area contributed by atoms with E-state index < -0.39 is 0 Å². The molecule has 1 saturated carbocycles. The summed E-state index contributed by atoms with van der Waals surface area (Å²) in [5, 5.41) is 0. The molecule has 0 saturated heterocycles. The van der Waals surface area contributed by atoms with Crippen molar-refractivity contribution >= 4 is 5.97 Å². The van der Waals surface area contributed by atoms with Crippen LogP contribution in [-0.4, -0.2) is 12.8 Å². The maximum atomic E-state index is 12.5. The fraction of sp³-hybridized carbons (Fsp3) is 0.611. The Morgan fingerprint density at radius 1 is 1.36 bits per heavy atom. The predicted molar refractivity (Wildman–Crippen MR) is 82.6 cm³/mol. The quantitative estimate of drug-likeness (QED) is 0.791. The van der Waals surface area contributed by atoms with E-state index in [1.807, 2.05) is 25.1 Å². The highest BCUT2D eigenvalue weighted by Gasteiger charge is 2.43. The van der Waals surface area contributed by atoms with Crippen LogP contribution in [-0.2, 0) is 16.1 Å². The molecule has 3 rings (SSSR count). The standard InChI is InChI=1S/C18H24O4/c1-12(2)14-6-7-18(3,9-14)17(19)20-10-13-4-5-15-16(8-13)22-11-21-15/h4-5,8,12,14H,6-7,9-11H2,1-3H3. The van der Waals surface area contributed by atoms with E-state index in [1.54, 1.807) is 0 Å². The van der Waals surface area contributed by atoms with Crippen molar-refractivity contribution in [1.29, 1.82) is 0 Å². The largest absolute Gasteiger partial charge is 0.460 e. The molecule has 0 amide bonds. The minimum absolute atomic E-state index is 0.0756. The molecule has 1 aliphatic heterocycles. The van der Waals surface area contributed by atoms with Gasteiger partial charge in [0.05, 0.1) is 5.41 Å². The number of carbonyl (C=O) groups excluding carboxylic acids is 1. The van der Waals surface area contributed by atoms with Gasteiger partial charge in [-0.15, -0.1) is 0 Å². The highest BCUT2D eigenvalue weighted by Crippen LogP contribution is 2.45. The second-order valence-electron chi connectivity index (χ2n) is 7.07. The monoisotopic (exact) mass is 304 g/mol. The Morgan fingerprint density at radius 2 is 2.14 bits per heavy atom. The fourth-order valence-corrected chi connectivity index (χ4v) is 3.40. The Morgan fingerprint density at radius 3 is 2.86 bits per heavy atom. The number of hydrogen-bond donors (Lipinski definition) is 0. The van der Waals surface area contributed by atoms with Crippen molar-refractivity contribution in [2.24, 2.45) is 17.3 Å². The zero-order valence-corrected chi connectivity index (χ0v) is 13.6. The minimum Gasteiger partial charge on any atom is -0.460 e. The molecule has 0 radical (unpaired) electrons. The number of ether oxygens (including phenoxy) is 3. The maximum Gasteiger partial charge on any atom is 0.312 e. The lowest BCUT2D eigenvalue weighted by molar-refractivity contribution is -0.156. The van der Waals surface area contributed by atoms with E-state index in [-0.39, 0.29) is 24.8 Å². The van der Waals surface area contributed by atoms with Crippen molar-refractivity contribution in [2.45, 2.75) is 46.6 Å².